The summed E-state index contributed by atoms with van der Waals surface area (Å²) >= 11 is 5.94. The number of hydrogen-bond donors (Lipinski definition) is 1. The van der Waals surface area contributed by atoms with E-state index in [0.717, 1.165) is 22.7 Å². The Morgan fingerprint density at radius 1 is 1.47 bits per heavy atom. The fourth-order valence-corrected chi connectivity index (χ4v) is 1.65. The third kappa shape index (κ3) is 1.85. The van der Waals surface area contributed by atoms with Crippen molar-refractivity contribution in [2.24, 2.45) is 0 Å². The van der Waals surface area contributed by atoms with Gasteiger partial charge in [-0.25, -0.2) is 0 Å². The zero-order valence-corrected chi connectivity index (χ0v) is 8.36. The molecule has 0 saturated heterocycles. The number of H-pyrrole nitrogens is 1. The van der Waals surface area contributed by atoms with Crippen molar-refractivity contribution in [1.29, 1.82) is 0 Å². The molecule has 1 heterocycles. The molecule has 0 spiro atoms. The molecule has 15 heavy (non-hydrogen) atoms. The molecule has 0 fully saturated rings. The Kier molecular flexibility index (Phi) is 2.43. The van der Waals surface area contributed by atoms with E-state index < -0.39 is 4.92 Å². The maximum atomic E-state index is 10.2. The maximum absolute atomic E-state index is 10.2. The lowest BCUT2D eigenvalue weighted by Crippen LogP contribution is -1.81. The zero-order valence-electron chi connectivity index (χ0n) is 7.61. The first-order chi connectivity index (χ1) is 7.18. The van der Waals surface area contributed by atoms with E-state index in [1.165, 1.54) is 6.08 Å². The van der Waals surface area contributed by atoms with Crippen molar-refractivity contribution in [2.45, 2.75) is 0 Å². The summed E-state index contributed by atoms with van der Waals surface area (Å²) in [4.78, 5) is 12.7. The summed E-state index contributed by atoms with van der Waals surface area (Å²) in [6, 6.07) is 5.43. The van der Waals surface area contributed by atoms with Crippen molar-refractivity contribution in [3.63, 3.8) is 0 Å². The van der Waals surface area contributed by atoms with Crippen molar-refractivity contribution < 1.29 is 4.92 Å². The highest BCUT2D eigenvalue weighted by atomic mass is 35.5. The van der Waals surface area contributed by atoms with Gasteiger partial charge in [0.15, 0.2) is 0 Å². The first-order valence-electron chi connectivity index (χ1n) is 4.26. The van der Waals surface area contributed by atoms with E-state index in [4.69, 9.17) is 11.6 Å². The second-order valence-electron chi connectivity index (χ2n) is 3.01. The molecule has 0 saturated carbocycles. The standard InChI is InChI=1S/C10H7ClN2O2/c11-9-3-1-2-8-7(4-5-13(14)15)6-12-10(8)9/h1-6,12H. The first kappa shape index (κ1) is 9.73. The van der Waals surface area contributed by atoms with E-state index in [9.17, 15) is 10.1 Å². The molecule has 2 aromatic rings. The van der Waals surface area contributed by atoms with Gasteiger partial charge < -0.3 is 4.98 Å². The van der Waals surface area contributed by atoms with E-state index in [-0.39, 0.29) is 0 Å². The number of nitrogens with zero attached hydrogens (tertiary/aromatic N) is 1. The minimum atomic E-state index is -0.497. The number of halogens is 1. The lowest BCUT2D eigenvalue weighted by atomic mass is 10.2. The van der Waals surface area contributed by atoms with Crippen molar-refractivity contribution >= 4 is 28.6 Å². The van der Waals surface area contributed by atoms with Crippen LogP contribution in [0.25, 0.3) is 17.0 Å². The number of rotatable bonds is 2. The van der Waals surface area contributed by atoms with Crippen LogP contribution < -0.4 is 0 Å². The molecule has 0 aliphatic heterocycles. The number of fused-ring (bicyclic) bond motifs is 1. The van der Waals surface area contributed by atoms with Gasteiger partial charge in [-0.05, 0) is 6.07 Å². The molecule has 1 aromatic heterocycles. The Morgan fingerprint density at radius 3 is 3.00 bits per heavy atom. The molecule has 2 rings (SSSR count). The van der Waals surface area contributed by atoms with E-state index in [2.05, 4.69) is 4.98 Å². The Hall–Kier alpha value is -1.81. The average molecular weight is 223 g/mol. The topological polar surface area (TPSA) is 58.9 Å². The van der Waals surface area contributed by atoms with Crippen molar-refractivity contribution in [3.05, 3.63) is 51.3 Å². The molecule has 5 heteroatoms. The smallest absolute Gasteiger partial charge is 0.235 e. The van der Waals surface area contributed by atoms with Crippen molar-refractivity contribution in [3.8, 4) is 0 Å². The average Bonchev–Trinajstić information content (AvgIpc) is 2.59. The van der Waals surface area contributed by atoms with Crippen LogP contribution in [-0.4, -0.2) is 9.91 Å². The fraction of sp³-hybridized carbons (Fsp3) is 0. The molecule has 0 bridgehead atoms. The molecule has 0 unspecified atom stereocenters. The van der Waals surface area contributed by atoms with Crippen LogP contribution >= 0.6 is 11.6 Å². The van der Waals surface area contributed by atoms with Gasteiger partial charge in [-0.2, -0.15) is 0 Å². The normalized spacial score (nSPS) is 11.3. The number of nitrogens with one attached hydrogen (secondary N) is 1. The molecular formula is C10H7ClN2O2. The molecule has 0 aliphatic rings. The number of hydrogen-bond acceptors (Lipinski definition) is 2. The second-order valence-corrected chi connectivity index (χ2v) is 3.41. The fourth-order valence-electron chi connectivity index (χ4n) is 1.42. The highest BCUT2D eigenvalue weighted by Crippen LogP contribution is 2.25. The first-order valence-corrected chi connectivity index (χ1v) is 4.63. The van der Waals surface area contributed by atoms with Gasteiger partial charge in [-0.15, -0.1) is 0 Å². The molecule has 1 N–H and O–H groups in total. The van der Waals surface area contributed by atoms with Crippen LogP contribution in [-0.2, 0) is 0 Å². The molecule has 76 valence electrons. The number of aromatic amines is 1. The van der Waals surface area contributed by atoms with Crippen LogP contribution in [0.5, 0.6) is 0 Å². The lowest BCUT2D eigenvalue weighted by Gasteiger charge is -1.92. The van der Waals surface area contributed by atoms with Gasteiger partial charge in [-0.3, -0.25) is 10.1 Å². The van der Waals surface area contributed by atoms with Gasteiger partial charge in [-0.1, -0.05) is 23.7 Å². The van der Waals surface area contributed by atoms with Gasteiger partial charge in [0.2, 0.25) is 6.20 Å². The lowest BCUT2D eigenvalue weighted by molar-refractivity contribution is -0.400. The summed E-state index contributed by atoms with van der Waals surface area (Å²) in [6.07, 6.45) is 4.04. The van der Waals surface area contributed by atoms with E-state index in [1.807, 2.05) is 12.1 Å². The van der Waals surface area contributed by atoms with Crippen LogP contribution in [0.1, 0.15) is 5.56 Å². The van der Waals surface area contributed by atoms with Crippen LogP contribution in [0.3, 0.4) is 0 Å². The highest BCUT2D eigenvalue weighted by Gasteiger charge is 2.04. The number of nitro groups is 1. The second kappa shape index (κ2) is 3.74. The maximum Gasteiger partial charge on any atom is 0.235 e. The minimum absolute atomic E-state index is 0.497. The summed E-state index contributed by atoms with van der Waals surface area (Å²) in [7, 11) is 0. The third-order valence-electron chi connectivity index (χ3n) is 2.07. The Balaban J connectivity index is 2.54. The van der Waals surface area contributed by atoms with Crippen LogP contribution in [0, 0.1) is 10.1 Å². The minimum Gasteiger partial charge on any atom is -0.359 e. The van der Waals surface area contributed by atoms with Crippen molar-refractivity contribution in [2.75, 3.05) is 0 Å². The Labute approximate surface area is 90.3 Å². The molecule has 4 nitrogen and oxygen atoms in total. The Bertz CT molecular complexity index is 545. The zero-order chi connectivity index (χ0) is 10.8. The van der Waals surface area contributed by atoms with Crippen LogP contribution in [0.2, 0.25) is 5.02 Å². The quantitative estimate of drug-likeness (QED) is 0.627. The molecule has 0 aliphatic carbocycles. The van der Waals surface area contributed by atoms with Gasteiger partial charge >= 0.3 is 0 Å². The van der Waals surface area contributed by atoms with E-state index >= 15 is 0 Å². The molecular weight excluding hydrogens is 216 g/mol. The summed E-state index contributed by atoms with van der Waals surface area (Å²) in [6.45, 7) is 0. The monoisotopic (exact) mass is 222 g/mol. The third-order valence-corrected chi connectivity index (χ3v) is 2.39. The van der Waals surface area contributed by atoms with E-state index in [0.29, 0.717) is 5.02 Å². The predicted molar refractivity (Wildman–Crippen MR) is 59.3 cm³/mol. The molecule has 0 radical (unpaired) electrons. The molecule has 1 aromatic carbocycles. The van der Waals surface area contributed by atoms with Gasteiger partial charge in [0.05, 0.1) is 15.5 Å². The number of para-hydroxylation sites is 1. The molecule has 0 atom stereocenters. The SMILES string of the molecule is O=[N+]([O-])C=Cc1c[nH]c2c(Cl)cccc12. The summed E-state index contributed by atoms with van der Waals surface area (Å²) < 4.78 is 0. The van der Waals surface area contributed by atoms with Crippen LogP contribution in [0.15, 0.2) is 30.6 Å². The summed E-state index contributed by atoms with van der Waals surface area (Å²) in [5.41, 5.74) is 1.55. The summed E-state index contributed by atoms with van der Waals surface area (Å²) in [5, 5.41) is 11.7. The largest absolute Gasteiger partial charge is 0.359 e. The number of aromatic nitrogens is 1. The predicted octanol–water partition coefficient (Wildman–Crippen LogP) is 3.07. The Morgan fingerprint density at radius 2 is 2.27 bits per heavy atom. The molecule has 0 amide bonds. The van der Waals surface area contributed by atoms with Gasteiger partial charge in [0.25, 0.3) is 0 Å². The van der Waals surface area contributed by atoms with Gasteiger partial charge in [0.1, 0.15) is 0 Å². The summed E-state index contributed by atoms with van der Waals surface area (Å²) in [5.74, 6) is 0. The van der Waals surface area contributed by atoms with E-state index in [1.54, 1.807) is 12.3 Å². The highest BCUT2D eigenvalue weighted by molar-refractivity contribution is 6.35. The van der Waals surface area contributed by atoms with Gasteiger partial charge in [0, 0.05) is 23.2 Å². The number of benzene rings is 1. The van der Waals surface area contributed by atoms with Crippen molar-refractivity contribution in [1.82, 2.24) is 4.98 Å². The van der Waals surface area contributed by atoms with Crippen LogP contribution in [0.4, 0.5) is 0 Å².